The summed E-state index contributed by atoms with van der Waals surface area (Å²) in [6, 6.07) is 8.63. The van der Waals surface area contributed by atoms with E-state index >= 15 is 0 Å². The highest BCUT2D eigenvalue weighted by molar-refractivity contribution is 14.1. The molecule has 80 valence electrons. The van der Waals surface area contributed by atoms with Crippen LogP contribution in [0.1, 0.15) is 0 Å². The second kappa shape index (κ2) is 4.60. The zero-order chi connectivity index (χ0) is 11.0. The Labute approximate surface area is 120 Å². The van der Waals surface area contributed by atoms with E-state index in [0.29, 0.717) is 0 Å². The molecule has 0 nitrogen and oxygen atoms in total. The summed E-state index contributed by atoms with van der Waals surface area (Å²) in [5.74, 6) is 0. The van der Waals surface area contributed by atoms with Crippen molar-refractivity contribution in [3.8, 4) is 20.2 Å². The number of rotatable bonds is 2. The smallest absolute Gasteiger partial charge is 0.0540 e. The van der Waals surface area contributed by atoms with Crippen LogP contribution in [0.3, 0.4) is 0 Å². The molecule has 0 fully saturated rings. The van der Waals surface area contributed by atoms with Crippen molar-refractivity contribution in [3.05, 3.63) is 44.0 Å². The minimum Gasteiger partial charge on any atom is -0.144 e. The SMILES string of the molecule is Ic1csc(-c2cccs2)c1-c1cccs1. The standard InChI is InChI=1S/C12H7IS3/c13-8-7-16-12(10-4-2-6-15-10)11(8)9-3-1-5-14-9/h1-7H. The van der Waals surface area contributed by atoms with Crippen LogP contribution in [0.5, 0.6) is 0 Å². The van der Waals surface area contributed by atoms with Gasteiger partial charge in [0.1, 0.15) is 0 Å². The van der Waals surface area contributed by atoms with E-state index in [1.807, 2.05) is 34.0 Å². The molecule has 0 aliphatic carbocycles. The van der Waals surface area contributed by atoms with Gasteiger partial charge in [-0.05, 0) is 45.5 Å². The predicted molar refractivity (Wildman–Crippen MR) is 83.7 cm³/mol. The quantitative estimate of drug-likeness (QED) is 0.497. The van der Waals surface area contributed by atoms with Gasteiger partial charge >= 0.3 is 0 Å². The van der Waals surface area contributed by atoms with Crippen molar-refractivity contribution < 1.29 is 0 Å². The molecule has 0 unspecified atom stereocenters. The number of hydrogen-bond donors (Lipinski definition) is 0. The van der Waals surface area contributed by atoms with Gasteiger partial charge in [0, 0.05) is 24.3 Å². The molecule has 0 N–H and O–H groups in total. The van der Waals surface area contributed by atoms with Crippen LogP contribution in [0.25, 0.3) is 20.2 Å². The van der Waals surface area contributed by atoms with E-state index in [-0.39, 0.29) is 0 Å². The lowest BCUT2D eigenvalue weighted by atomic mass is 10.2. The van der Waals surface area contributed by atoms with Crippen LogP contribution in [0.4, 0.5) is 0 Å². The fraction of sp³-hybridized carbons (Fsp3) is 0. The molecule has 16 heavy (non-hydrogen) atoms. The molecule has 0 aliphatic rings. The molecule has 0 aromatic carbocycles. The normalized spacial score (nSPS) is 10.8. The maximum absolute atomic E-state index is 2.43. The molecular formula is C12H7IS3. The second-order valence-corrected chi connectivity index (χ2v) is 7.18. The summed E-state index contributed by atoms with van der Waals surface area (Å²) >= 11 is 7.90. The van der Waals surface area contributed by atoms with Gasteiger partial charge in [0.15, 0.2) is 0 Å². The minimum atomic E-state index is 1.36. The summed E-state index contributed by atoms with van der Waals surface area (Å²) in [6.07, 6.45) is 0. The van der Waals surface area contributed by atoms with Gasteiger partial charge in [-0.25, -0.2) is 0 Å². The minimum absolute atomic E-state index is 1.36. The van der Waals surface area contributed by atoms with E-state index < -0.39 is 0 Å². The van der Waals surface area contributed by atoms with Crippen molar-refractivity contribution in [2.75, 3.05) is 0 Å². The fourth-order valence-electron chi connectivity index (χ4n) is 1.58. The van der Waals surface area contributed by atoms with E-state index in [1.54, 1.807) is 0 Å². The van der Waals surface area contributed by atoms with Crippen LogP contribution in [-0.4, -0.2) is 0 Å². The molecule has 0 aliphatic heterocycles. The molecular weight excluding hydrogens is 367 g/mol. The highest BCUT2D eigenvalue weighted by atomic mass is 127. The zero-order valence-electron chi connectivity index (χ0n) is 8.14. The van der Waals surface area contributed by atoms with E-state index in [0.717, 1.165) is 0 Å². The Morgan fingerprint density at radius 3 is 2.19 bits per heavy atom. The van der Waals surface area contributed by atoms with Gasteiger partial charge in [-0.15, -0.1) is 34.0 Å². The van der Waals surface area contributed by atoms with E-state index in [2.05, 4.69) is 63.0 Å². The topological polar surface area (TPSA) is 0 Å². The summed E-state index contributed by atoms with van der Waals surface area (Å²) in [5.41, 5.74) is 1.41. The Bertz CT molecular complexity index is 576. The van der Waals surface area contributed by atoms with Gasteiger partial charge < -0.3 is 0 Å². The van der Waals surface area contributed by atoms with Crippen molar-refractivity contribution in [1.82, 2.24) is 0 Å². The molecule has 0 spiro atoms. The van der Waals surface area contributed by atoms with Gasteiger partial charge in [-0.1, -0.05) is 12.1 Å². The first-order valence-corrected chi connectivity index (χ1v) is 8.43. The van der Waals surface area contributed by atoms with Gasteiger partial charge in [0.2, 0.25) is 0 Å². The molecule has 0 saturated heterocycles. The van der Waals surface area contributed by atoms with Crippen LogP contribution >= 0.6 is 56.6 Å². The second-order valence-electron chi connectivity index (χ2n) is 3.24. The van der Waals surface area contributed by atoms with Crippen LogP contribution in [0.2, 0.25) is 0 Å². The van der Waals surface area contributed by atoms with Crippen molar-refractivity contribution in [1.29, 1.82) is 0 Å². The van der Waals surface area contributed by atoms with Crippen LogP contribution in [0.15, 0.2) is 40.4 Å². The van der Waals surface area contributed by atoms with Crippen LogP contribution < -0.4 is 0 Å². The summed E-state index contributed by atoms with van der Waals surface area (Å²) in [6.45, 7) is 0. The van der Waals surface area contributed by atoms with Gasteiger partial charge in [-0.3, -0.25) is 0 Å². The maximum Gasteiger partial charge on any atom is 0.0540 e. The molecule has 3 rings (SSSR count). The molecule has 0 radical (unpaired) electrons. The fourth-order valence-corrected chi connectivity index (χ4v) is 5.56. The molecule has 3 aromatic rings. The molecule has 3 heterocycles. The zero-order valence-corrected chi connectivity index (χ0v) is 12.8. The molecule has 0 atom stereocenters. The first-order valence-electron chi connectivity index (χ1n) is 4.71. The van der Waals surface area contributed by atoms with E-state index in [1.165, 1.54) is 23.8 Å². The van der Waals surface area contributed by atoms with Crippen molar-refractivity contribution >= 4 is 56.6 Å². The highest BCUT2D eigenvalue weighted by Gasteiger charge is 2.14. The molecule has 4 heteroatoms. The molecule has 0 bridgehead atoms. The summed E-state index contributed by atoms with van der Waals surface area (Å²) < 4.78 is 1.36. The van der Waals surface area contributed by atoms with Crippen LogP contribution in [0, 0.1) is 3.57 Å². The summed E-state index contributed by atoms with van der Waals surface area (Å²) in [5, 5.41) is 6.52. The summed E-state index contributed by atoms with van der Waals surface area (Å²) in [4.78, 5) is 4.15. The van der Waals surface area contributed by atoms with E-state index in [4.69, 9.17) is 0 Å². The Morgan fingerprint density at radius 2 is 1.56 bits per heavy atom. The van der Waals surface area contributed by atoms with E-state index in [9.17, 15) is 0 Å². The largest absolute Gasteiger partial charge is 0.144 e. The highest BCUT2D eigenvalue weighted by Crippen LogP contribution is 2.43. The average Bonchev–Trinajstić information content (AvgIpc) is 2.96. The first-order chi connectivity index (χ1) is 7.86. The van der Waals surface area contributed by atoms with Gasteiger partial charge in [-0.2, -0.15) is 0 Å². The Kier molecular flexibility index (Phi) is 3.15. The van der Waals surface area contributed by atoms with Crippen LogP contribution in [-0.2, 0) is 0 Å². The third-order valence-corrected chi connectivity index (χ3v) is 6.45. The Balaban J connectivity index is 2.21. The van der Waals surface area contributed by atoms with Crippen molar-refractivity contribution in [2.45, 2.75) is 0 Å². The maximum atomic E-state index is 2.43. The molecule has 3 aromatic heterocycles. The Morgan fingerprint density at radius 1 is 0.875 bits per heavy atom. The lowest BCUT2D eigenvalue weighted by molar-refractivity contribution is 1.81. The number of thiophene rings is 3. The van der Waals surface area contributed by atoms with Gasteiger partial charge in [0.25, 0.3) is 0 Å². The first kappa shape index (κ1) is 11.0. The lowest BCUT2D eigenvalue weighted by Crippen LogP contribution is -1.74. The molecule has 0 saturated carbocycles. The average molecular weight is 374 g/mol. The Hall–Kier alpha value is -0.170. The molecule has 0 amide bonds. The third kappa shape index (κ3) is 1.88. The van der Waals surface area contributed by atoms with Crippen molar-refractivity contribution in [3.63, 3.8) is 0 Å². The monoisotopic (exact) mass is 374 g/mol. The summed E-state index contributed by atoms with van der Waals surface area (Å²) in [7, 11) is 0. The third-order valence-electron chi connectivity index (χ3n) is 2.26. The van der Waals surface area contributed by atoms with Gasteiger partial charge in [0.05, 0.1) is 4.88 Å². The van der Waals surface area contributed by atoms with Crippen molar-refractivity contribution in [2.24, 2.45) is 0 Å². The lowest BCUT2D eigenvalue weighted by Gasteiger charge is -1.99. The number of hydrogen-bond acceptors (Lipinski definition) is 3. The number of halogens is 1. The predicted octanol–water partition coefficient (Wildman–Crippen LogP) is 5.81.